The number of pyridine rings is 1. The summed E-state index contributed by atoms with van der Waals surface area (Å²) in [6, 6.07) is 11.3. The van der Waals surface area contributed by atoms with E-state index in [-0.39, 0.29) is 10.8 Å². The zero-order valence-corrected chi connectivity index (χ0v) is 15.8. The van der Waals surface area contributed by atoms with Gasteiger partial charge in [0, 0.05) is 12.2 Å². The van der Waals surface area contributed by atoms with Gasteiger partial charge < -0.3 is 5.32 Å². The van der Waals surface area contributed by atoms with Crippen LogP contribution in [-0.4, -0.2) is 36.2 Å². The number of hydrogen-bond donors (Lipinski definition) is 1. The molecule has 1 amide bonds. The molecule has 0 saturated carbocycles. The van der Waals surface area contributed by atoms with Crippen molar-refractivity contribution in [3.63, 3.8) is 0 Å². The van der Waals surface area contributed by atoms with Gasteiger partial charge in [-0.3, -0.25) is 4.79 Å². The Morgan fingerprint density at radius 3 is 2.54 bits per heavy atom. The third kappa shape index (κ3) is 3.94. The van der Waals surface area contributed by atoms with E-state index in [4.69, 9.17) is 0 Å². The molecule has 1 fully saturated rings. The molecule has 1 N–H and O–H groups in total. The summed E-state index contributed by atoms with van der Waals surface area (Å²) in [4.78, 5) is 17.2. The minimum Gasteiger partial charge on any atom is -0.309 e. The topological polar surface area (TPSA) is 79.4 Å². The predicted molar refractivity (Wildman–Crippen MR) is 100 cm³/mol. The molecule has 2 aromatic rings. The lowest BCUT2D eigenvalue weighted by Gasteiger charge is -2.33. The van der Waals surface area contributed by atoms with E-state index in [9.17, 15) is 13.2 Å². The number of anilines is 1. The molecule has 0 bridgehead atoms. The van der Waals surface area contributed by atoms with Crippen molar-refractivity contribution in [3.05, 3.63) is 53.7 Å². The van der Waals surface area contributed by atoms with Crippen LogP contribution in [-0.2, 0) is 14.8 Å². The smallest absolute Gasteiger partial charge is 0.243 e. The van der Waals surface area contributed by atoms with Crippen LogP contribution in [0, 0.1) is 13.8 Å². The largest absolute Gasteiger partial charge is 0.309 e. The van der Waals surface area contributed by atoms with Gasteiger partial charge in [0.15, 0.2) is 0 Å². The van der Waals surface area contributed by atoms with Gasteiger partial charge >= 0.3 is 0 Å². The van der Waals surface area contributed by atoms with Crippen LogP contribution in [0.4, 0.5) is 5.82 Å². The summed E-state index contributed by atoms with van der Waals surface area (Å²) < 4.78 is 27.4. The molecule has 1 aliphatic rings. The number of benzene rings is 1. The molecule has 2 heterocycles. The number of aromatic nitrogens is 1. The Bertz CT molecular complexity index is 895. The van der Waals surface area contributed by atoms with Gasteiger partial charge in [-0.1, -0.05) is 30.2 Å². The fraction of sp³-hybridized carbons (Fsp3) is 0.368. The van der Waals surface area contributed by atoms with Crippen molar-refractivity contribution >= 4 is 21.7 Å². The second kappa shape index (κ2) is 7.55. The second-order valence-electron chi connectivity index (χ2n) is 6.59. The van der Waals surface area contributed by atoms with Crippen molar-refractivity contribution in [1.82, 2.24) is 9.29 Å². The van der Waals surface area contributed by atoms with Crippen LogP contribution in [0.3, 0.4) is 0 Å². The minimum atomic E-state index is -3.72. The minimum absolute atomic E-state index is 0.219. The number of aryl methyl sites for hydroxylation is 2. The molecule has 7 heteroatoms. The lowest BCUT2D eigenvalue weighted by atomic mass is 10.0. The first-order valence-corrected chi connectivity index (χ1v) is 10.1. The second-order valence-corrected chi connectivity index (χ2v) is 8.48. The third-order valence-corrected chi connectivity index (χ3v) is 6.45. The maximum absolute atomic E-state index is 13.1. The highest BCUT2D eigenvalue weighted by atomic mass is 32.2. The van der Waals surface area contributed by atoms with Crippen LogP contribution in [0.1, 0.15) is 30.5 Å². The van der Waals surface area contributed by atoms with E-state index in [1.54, 1.807) is 36.4 Å². The maximum atomic E-state index is 13.1. The molecule has 3 rings (SSSR count). The van der Waals surface area contributed by atoms with Gasteiger partial charge in [0.2, 0.25) is 15.9 Å². The van der Waals surface area contributed by atoms with Gasteiger partial charge in [-0.2, -0.15) is 4.31 Å². The molecule has 138 valence electrons. The Labute approximate surface area is 154 Å². The van der Waals surface area contributed by atoms with Gasteiger partial charge in [0.25, 0.3) is 0 Å². The van der Waals surface area contributed by atoms with Crippen molar-refractivity contribution in [1.29, 1.82) is 0 Å². The standard InChI is InChI=1S/C19H23N3O3S/c1-14-9-11-16(12-10-14)26(24,25)22-13-4-3-7-17(22)19(23)21-18-8-5-6-15(2)20-18/h5-6,8-12,17H,3-4,7,13H2,1-2H3,(H,20,21,23)/t17-/m0/s1. The lowest BCUT2D eigenvalue weighted by molar-refractivity contribution is -0.120. The molecule has 1 aromatic heterocycles. The van der Waals surface area contributed by atoms with E-state index in [1.165, 1.54) is 4.31 Å². The Morgan fingerprint density at radius 1 is 1.12 bits per heavy atom. The highest BCUT2D eigenvalue weighted by Crippen LogP contribution is 2.26. The first-order chi connectivity index (χ1) is 12.4. The number of carbonyl (C=O) groups is 1. The van der Waals surface area contributed by atoms with E-state index in [0.717, 1.165) is 24.1 Å². The monoisotopic (exact) mass is 373 g/mol. The molecule has 1 atom stereocenters. The molecular weight excluding hydrogens is 350 g/mol. The molecule has 0 radical (unpaired) electrons. The first kappa shape index (κ1) is 18.5. The average molecular weight is 373 g/mol. The summed E-state index contributed by atoms with van der Waals surface area (Å²) in [6.07, 6.45) is 2.07. The third-order valence-electron chi connectivity index (χ3n) is 4.52. The Morgan fingerprint density at radius 2 is 1.85 bits per heavy atom. The molecule has 0 spiro atoms. The van der Waals surface area contributed by atoms with Crippen molar-refractivity contribution in [2.45, 2.75) is 44.0 Å². The van der Waals surface area contributed by atoms with Gasteiger partial charge in [-0.05, 0) is 51.0 Å². The number of carbonyl (C=O) groups excluding carboxylic acids is 1. The Hall–Kier alpha value is -2.25. The maximum Gasteiger partial charge on any atom is 0.243 e. The van der Waals surface area contributed by atoms with Crippen molar-refractivity contribution in [3.8, 4) is 0 Å². The van der Waals surface area contributed by atoms with E-state index in [2.05, 4.69) is 10.3 Å². The van der Waals surface area contributed by atoms with Crippen molar-refractivity contribution in [2.75, 3.05) is 11.9 Å². The summed E-state index contributed by atoms with van der Waals surface area (Å²) in [7, 11) is -3.72. The Kier molecular flexibility index (Phi) is 5.38. The quantitative estimate of drug-likeness (QED) is 0.894. The molecule has 6 nitrogen and oxygen atoms in total. The van der Waals surface area contributed by atoms with Gasteiger partial charge in [0.05, 0.1) is 4.90 Å². The fourth-order valence-corrected chi connectivity index (χ4v) is 4.78. The summed E-state index contributed by atoms with van der Waals surface area (Å²) in [6.45, 7) is 4.09. The summed E-state index contributed by atoms with van der Waals surface area (Å²) in [5, 5.41) is 2.76. The highest BCUT2D eigenvalue weighted by Gasteiger charge is 2.37. The summed E-state index contributed by atoms with van der Waals surface area (Å²) >= 11 is 0. The van der Waals surface area contributed by atoms with Crippen LogP contribution in [0.15, 0.2) is 47.4 Å². The van der Waals surface area contributed by atoms with Crippen LogP contribution >= 0.6 is 0 Å². The zero-order valence-electron chi connectivity index (χ0n) is 15.0. The Balaban J connectivity index is 1.85. The number of nitrogens with zero attached hydrogens (tertiary/aromatic N) is 2. The zero-order chi connectivity index (χ0) is 18.7. The molecule has 0 unspecified atom stereocenters. The van der Waals surface area contributed by atoms with E-state index in [1.807, 2.05) is 19.9 Å². The predicted octanol–water partition coefficient (Wildman–Crippen LogP) is 2.88. The lowest BCUT2D eigenvalue weighted by Crippen LogP contribution is -2.49. The fourth-order valence-electron chi connectivity index (χ4n) is 3.12. The molecule has 26 heavy (non-hydrogen) atoms. The van der Waals surface area contributed by atoms with Gasteiger partial charge in [-0.15, -0.1) is 0 Å². The van der Waals surface area contributed by atoms with Crippen LogP contribution in [0.25, 0.3) is 0 Å². The number of sulfonamides is 1. The summed E-state index contributed by atoms with van der Waals surface area (Å²) in [5.74, 6) is 0.103. The van der Waals surface area contributed by atoms with E-state index >= 15 is 0 Å². The molecule has 1 aliphatic heterocycles. The highest BCUT2D eigenvalue weighted by molar-refractivity contribution is 7.89. The van der Waals surface area contributed by atoms with Crippen molar-refractivity contribution in [2.24, 2.45) is 0 Å². The van der Waals surface area contributed by atoms with E-state index < -0.39 is 16.1 Å². The molecule has 1 saturated heterocycles. The molecular formula is C19H23N3O3S. The molecule has 1 aromatic carbocycles. The van der Waals surface area contributed by atoms with Crippen LogP contribution in [0.2, 0.25) is 0 Å². The number of hydrogen-bond acceptors (Lipinski definition) is 4. The average Bonchev–Trinajstić information content (AvgIpc) is 2.62. The van der Waals surface area contributed by atoms with Gasteiger partial charge in [-0.25, -0.2) is 13.4 Å². The van der Waals surface area contributed by atoms with Crippen LogP contribution < -0.4 is 5.32 Å². The van der Waals surface area contributed by atoms with Crippen molar-refractivity contribution < 1.29 is 13.2 Å². The number of rotatable bonds is 4. The SMILES string of the molecule is Cc1ccc(S(=O)(=O)N2CCCC[C@H]2C(=O)Nc2cccc(C)n2)cc1. The summed E-state index contributed by atoms with van der Waals surface area (Å²) in [5.41, 5.74) is 1.78. The van der Waals surface area contributed by atoms with E-state index in [0.29, 0.717) is 18.8 Å². The van der Waals surface area contributed by atoms with Crippen LogP contribution in [0.5, 0.6) is 0 Å². The number of amides is 1. The first-order valence-electron chi connectivity index (χ1n) is 8.71. The normalized spacial score (nSPS) is 18.5. The number of piperidine rings is 1. The molecule has 0 aliphatic carbocycles. The number of nitrogens with one attached hydrogen (secondary N) is 1. The van der Waals surface area contributed by atoms with Gasteiger partial charge in [0.1, 0.15) is 11.9 Å².